The smallest absolute Gasteiger partial charge is 0.269 e. The van der Waals surface area contributed by atoms with Crippen molar-refractivity contribution < 1.29 is 4.92 Å². The van der Waals surface area contributed by atoms with E-state index in [0.717, 1.165) is 30.5 Å². The highest BCUT2D eigenvalue weighted by atomic mass is 16.6. The van der Waals surface area contributed by atoms with Gasteiger partial charge in [0.2, 0.25) is 0 Å². The lowest BCUT2D eigenvalue weighted by Crippen LogP contribution is -2.20. The highest BCUT2D eigenvalue weighted by molar-refractivity contribution is 5.32. The molecule has 0 saturated heterocycles. The predicted molar refractivity (Wildman–Crippen MR) is 71.3 cm³/mol. The third-order valence-electron chi connectivity index (χ3n) is 3.71. The Kier molecular flexibility index (Phi) is 4.31. The van der Waals surface area contributed by atoms with E-state index in [9.17, 15) is 10.1 Å². The van der Waals surface area contributed by atoms with Crippen LogP contribution in [0.1, 0.15) is 31.7 Å². The van der Waals surface area contributed by atoms with E-state index in [-0.39, 0.29) is 10.6 Å². The van der Waals surface area contributed by atoms with Crippen molar-refractivity contribution in [2.75, 3.05) is 6.54 Å². The summed E-state index contributed by atoms with van der Waals surface area (Å²) in [5.41, 5.74) is 1.26. The van der Waals surface area contributed by atoms with Crippen LogP contribution in [0.2, 0.25) is 0 Å². The average Bonchev–Trinajstić information content (AvgIpc) is 2.76. The van der Waals surface area contributed by atoms with Gasteiger partial charge in [-0.25, -0.2) is 0 Å². The van der Waals surface area contributed by atoms with E-state index < -0.39 is 0 Å². The van der Waals surface area contributed by atoms with Crippen molar-refractivity contribution in [1.82, 2.24) is 5.32 Å². The van der Waals surface area contributed by atoms with Crippen molar-refractivity contribution >= 4 is 5.69 Å². The molecule has 0 bridgehead atoms. The van der Waals surface area contributed by atoms with E-state index in [1.54, 1.807) is 12.1 Å². The zero-order valence-corrected chi connectivity index (χ0v) is 10.8. The molecule has 18 heavy (non-hydrogen) atoms. The normalized spacial score (nSPS) is 23.2. The summed E-state index contributed by atoms with van der Waals surface area (Å²) < 4.78 is 0. The fourth-order valence-electron chi connectivity index (χ4n) is 2.67. The number of nitrogens with zero attached hydrogens (tertiary/aromatic N) is 1. The SMILES string of the molecule is CC1CCC(CNCc2ccc([N+](=O)[O-])cc2)C1. The van der Waals surface area contributed by atoms with Crippen LogP contribution in [0.25, 0.3) is 0 Å². The Morgan fingerprint density at radius 2 is 2.06 bits per heavy atom. The van der Waals surface area contributed by atoms with Crippen LogP contribution < -0.4 is 5.32 Å². The van der Waals surface area contributed by atoms with Gasteiger partial charge in [-0.15, -0.1) is 0 Å². The number of benzene rings is 1. The molecule has 98 valence electrons. The summed E-state index contributed by atoms with van der Waals surface area (Å²) in [6.45, 7) is 4.17. The van der Waals surface area contributed by atoms with Crippen LogP contribution in [0.5, 0.6) is 0 Å². The van der Waals surface area contributed by atoms with Gasteiger partial charge in [-0.1, -0.05) is 25.5 Å². The molecule has 1 saturated carbocycles. The molecule has 0 spiro atoms. The van der Waals surface area contributed by atoms with E-state index in [4.69, 9.17) is 0 Å². The molecule has 1 fully saturated rings. The second kappa shape index (κ2) is 5.96. The molecular weight excluding hydrogens is 228 g/mol. The van der Waals surface area contributed by atoms with Gasteiger partial charge in [0.1, 0.15) is 0 Å². The van der Waals surface area contributed by atoms with Crippen molar-refractivity contribution in [1.29, 1.82) is 0 Å². The number of rotatable bonds is 5. The lowest BCUT2D eigenvalue weighted by atomic mass is 10.1. The molecule has 4 heteroatoms. The van der Waals surface area contributed by atoms with Gasteiger partial charge < -0.3 is 5.32 Å². The van der Waals surface area contributed by atoms with E-state index in [0.29, 0.717) is 0 Å². The number of hydrogen-bond acceptors (Lipinski definition) is 3. The lowest BCUT2D eigenvalue weighted by molar-refractivity contribution is -0.384. The molecule has 2 rings (SSSR count). The number of nitrogens with one attached hydrogen (secondary N) is 1. The van der Waals surface area contributed by atoms with Crippen molar-refractivity contribution in [3.8, 4) is 0 Å². The fourth-order valence-corrected chi connectivity index (χ4v) is 2.67. The van der Waals surface area contributed by atoms with Gasteiger partial charge >= 0.3 is 0 Å². The first-order chi connectivity index (χ1) is 8.65. The lowest BCUT2D eigenvalue weighted by Gasteiger charge is -2.10. The third-order valence-corrected chi connectivity index (χ3v) is 3.71. The van der Waals surface area contributed by atoms with Gasteiger partial charge in [0.05, 0.1) is 4.92 Å². The van der Waals surface area contributed by atoms with Crippen LogP contribution in [0.15, 0.2) is 24.3 Å². The van der Waals surface area contributed by atoms with Crippen molar-refractivity contribution in [2.24, 2.45) is 11.8 Å². The topological polar surface area (TPSA) is 55.2 Å². The highest BCUT2D eigenvalue weighted by Crippen LogP contribution is 2.29. The Hall–Kier alpha value is -1.42. The van der Waals surface area contributed by atoms with Gasteiger partial charge in [0, 0.05) is 18.7 Å². The van der Waals surface area contributed by atoms with E-state index in [2.05, 4.69) is 12.2 Å². The van der Waals surface area contributed by atoms with Crippen molar-refractivity contribution in [2.45, 2.75) is 32.7 Å². The molecular formula is C14H20N2O2. The summed E-state index contributed by atoms with van der Waals surface area (Å²) in [4.78, 5) is 10.2. The molecule has 1 N–H and O–H groups in total. The quantitative estimate of drug-likeness (QED) is 0.643. The Morgan fingerprint density at radius 3 is 2.61 bits per heavy atom. The van der Waals surface area contributed by atoms with E-state index >= 15 is 0 Å². The minimum atomic E-state index is -0.364. The molecule has 1 aromatic rings. The van der Waals surface area contributed by atoms with Gasteiger partial charge in [-0.05, 0) is 36.8 Å². The molecule has 4 nitrogen and oxygen atoms in total. The van der Waals surface area contributed by atoms with Crippen molar-refractivity contribution in [3.63, 3.8) is 0 Å². The minimum Gasteiger partial charge on any atom is -0.312 e. The Balaban J connectivity index is 1.75. The Labute approximate surface area is 108 Å². The first kappa shape index (κ1) is 13.0. The maximum Gasteiger partial charge on any atom is 0.269 e. The maximum absolute atomic E-state index is 10.5. The molecule has 0 heterocycles. The number of nitro groups is 1. The molecule has 1 aliphatic rings. The van der Waals surface area contributed by atoms with Crippen LogP contribution in [0, 0.1) is 22.0 Å². The van der Waals surface area contributed by atoms with E-state index in [1.807, 2.05) is 12.1 Å². The zero-order valence-electron chi connectivity index (χ0n) is 10.8. The zero-order chi connectivity index (χ0) is 13.0. The fraction of sp³-hybridized carbons (Fsp3) is 0.571. The molecule has 0 aromatic heterocycles. The Morgan fingerprint density at radius 1 is 1.33 bits per heavy atom. The van der Waals surface area contributed by atoms with Crippen LogP contribution in [-0.4, -0.2) is 11.5 Å². The van der Waals surface area contributed by atoms with Gasteiger partial charge in [-0.3, -0.25) is 10.1 Å². The molecule has 2 unspecified atom stereocenters. The van der Waals surface area contributed by atoms with Crippen LogP contribution in [0.3, 0.4) is 0 Å². The predicted octanol–water partition coefficient (Wildman–Crippen LogP) is 3.12. The summed E-state index contributed by atoms with van der Waals surface area (Å²) in [5.74, 6) is 1.68. The molecule has 2 atom stereocenters. The molecule has 0 radical (unpaired) electrons. The first-order valence-corrected chi connectivity index (χ1v) is 6.59. The summed E-state index contributed by atoms with van der Waals surface area (Å²) in [6, 6.07) is 6.77. The molecule has 1 aromatic carbocycles. The second-order valence-corrected chi connectivity index (χ2v) is 5.34. The summed E-state index contributed by atoms with van der Waals surface area (Å²) in [5, 5.41) is 14.0. The Bertz CT molecular complexity index is 403. The molecule has 0 aliphatic heterocycles. The standard InChI is InChI=1S/C14H20N2O2/c1-11-2-3-13(8-11)10-15-9-12-4-6-14(7-5-12)16(17)18/h4-7,11,13,15H,2-3,8-10H2,1H3. The van der Waals surface area contributed by atoms with Crippen LogP contribution >= 0.6 is 0 Å². The van der Waals surface area contributed by atoms with Gasteiger partial charge in [0.15, 0.2) is 0 Å². The first-order valence-electron chi connectivity index (χ1n) is 6.59. The summed E-state index contributed by atoms with van der Waals surface area (Å²) in [6.07, 6.45) is 4.01. The molecule has 0 amide bonds. The summed E-state index contributed by atoms with van der Waals surface area (Å²) in [7, 11) is 0. The second-order valence-electron chi connectivity index (χ2n) is 5.34. The van der Waals surface area contributed by atoms with Gasteiger partial charge in [0.25, 0.3) is 5.69 Å². The largest absolute Gasteiger partial charge is 0.312 e. The minimum absolute atomic E-state index is 0.156. The van der Waals surface area contributed by atoms with Crippen LogP contribution in [0.4, 0.5) is 5.69 Å². The number of hydrogen-bond donors (Lipinski definition) is 1. The van der Waals surface area contributed by atoms with Crippen molar-refractivity contribution in [3.05, 3.63) is 39.9 Å². The van der Waals surface area contributed by atoms with E-state index in [1.165, 1.54) is 19.3 Å². The number of non-ortho nitro benzene ring substituents is 1. The maximum atomic E-state index is 10.5. The monoisotopic (exact) mass is 248 g/mol. The molecule has 1 aliphatic carbocycles. The third kappa shape index (κ3) is 3.53. The summed E-state index contributed by atoms with van der Waals surface area (Å²) >= 11 is 0. The number of nitro benzene ring substituents is 1. The van der Waals surface area contributed by atoms with Gasteiger partial charge in [-0.2, -0.15) is 0 Å². The van der Waals surface area contributed by atoms with Crippen LogP contribution in [-0.2, 0) is 6.54 Å². The average molecular weight is 248 g/mol. The highest BCUT2D eigenvalue weighted by Gasteiger charge is 2.20.